The number of hydrogen-bond acceptors (Lipinski definition) is 2. The van der Waals surface area contributed by atoms with Crippen LogP contribution in [0.3, 0.4) is 0 Å². The van der Waals surface area contributed by atoms with Gasteiger partial charge in [-0.2, -0.15) is 0 Å². The van der Waals surface area contributed by atoms with Crippen LogP contribution >= 0.6 is 12.4 Å². The molecule has 15 heavy (non-hydrogen) atoms. The van der Waals surface area contributed by atoms with Crippen molar-refractivity contribution in [3.8, 4) is 0 Å². The number of rotatable bonds is 1. The van der Waals surface area contributed by atoms with Crippen molar-refractivity contribution in [1.29, 1.82) is 0 Å². The second-order valence-corrected chi connectivity index (χ2v) is 3.36. The molecular weight excluding hydrogens is 222 g/mol. The Morgan fingerprint density at radius 3 is 2.07 bits per heavy atom. The van der Waals surface area contributed by atoms with Crippen molar-refractivity contribution in [2.45, 2.75) is 0 Å². The summed E-state index contributed by atoms with van der Waals surface area (Å²) in [4.78, 5) is 1.97. The fraction of sp³-hybridized carbons (Fsp3) is 0.400. The summed E-state index contributed by atoms with van der Waals surface area (Å²) in [6, 6.07) is 3.63. The number of nitrogens with one attached hydrogen (secondary N) is 1. The average Bonchev–Trinajstić information content (AvgIpc) is 2.18. The third-order valence-corrected chi connectivity index (χ3v) is 2.33. The quantitative estimate of drug-likeness (QED) is 0.797. The lowest BCUT2D eigenvalue weighted by atomic mass is 10.2. The van der Waals surface area contributed by atoms with E-state index in [-0.39, 0.29) is 12.4 Å². The predicted octanol–water partition coefficient (Wildman–Crippen LogP) is 1.80. The second kappa shape index (κ2) is 5.28. The van der Waals surface area contributed by atoms with Crippen LogP contribution in [0.2, 0.25) is 0 Å². The Bertz CT molecular complexity index is 307. The molecule has 1 aromatic carbocycles. The van der Waals surface area contributed by atoms with E-state index in [2.05, 4.69) is 5.32 Å². The molecule has 1 fully saturated rings. The first-order chi connectivity index (χ1) is 6.75. The van der Waals surface area contributed by atoms with Gasteiger partial charge in [-0.1, -0.05) is 0 Å². The maximum atomic E-state index is 12.9. The van der Waals surface area contributed by atoms with Crippen LogP contribution < -0.4 is 10.2 Å². The second-order valence-electron chi connectivity index (χ2n) is 3.36. The zero-order valence-electron chi connectivity index (χ0n) is 8.17. The molecule has 0 radical (unpaired) electrons. The molecule has 1 heterocycles. The van der Waals surface area contributed by atoms with E-state index in [4.69, 9.17) is 0 Å². The Labute approximate surface area is 93.7 Å². The predicted molar refractivity (Wildman–Crippen MR) is 58.7 cm³/mol. The van der Waals surface area contributed by atoms with Gasteiger partial charge in [-0.05, 0) is 12.1 Å². The molecule has 0 saturated carbocycles. The zero-order valence-corrected chi connectivity index (χ0v) is 8.99. The van der Waals surface area contributed by atoms with E-state index in [1.54, 1.807) is 0 Å². The van der Waals surface area contributed by atoms with Crippen LogP contribution in [0.1, 0.15) is 0 Å². The molecule has 0 spiro atoms. The molecule has 2 rings (SSSR count). The summed E-state index contributed by atoms with van der Waals surface area (Å²) in [6.45, 7) is 3.31. The fourth-order valence-corrected chi connectivity index (χ4v) is 1.64. The van der Waals surface area contributed by atoms with E-state index in [0.29, 0.717) is 5.69 Å². The van der Waals surface area contributed by atoms with Crippen molar-refractivity contribution in [1.82, 2.24) is 5.32 Å². The first kappa shape index (κ1) is 12.2. The van der Waals surface area contributed by atoms with Gasteiger partial charge in [0, 0.05) is 37.9 Å². The van der Waals surface area contributed by atoms with Crippen LogP contribution in [0, 0.1) is 11.6 Å². The number of anilines is 1. The van der Waals surface area contributed by atoms with Crippen LogP contribution in [0.15, 0.2) is 18.2 Å². The van der Waals surface area contributed by atoms with Crippen molar-refractivity contribution in [3.05, 3.63) is 29.8 Å². The van der Waals surface area contributed by atoms with Gasteiger partial charge in [0.05, 0.1) is 0 Å². The summed E-state index contributed by atoms with van der Waals surface area (Å²) < 4.78 is 25.8. The number of halogens is 3. The molecule has 1 N–H and O–H groups in total. The highest BCUT2D eigenvalue weighted by Crippen LogP contribution is 2.18. The molecule has 1 aliphatic rings. The molecular formula is C10H13ClF2N2. The van der Waals surface area contributed by atoms with Gasteiger partial charge in [-0.25, -0.2) is 8.78 Å². The topological polar surface area (TPSA) is 15.3 Å². The molecule has 1 saturated heterocycles. The van der Waals surface area contributed by atoms with Crippen LogP contribution in [-0.2, 0) is 0 Å². The molecule has 0 bridgehead atoms. The minimum Gasteiger partial charge on any atom is -0.369 e. The van der Waals surface area contributed by atoms with Crippen LogP contribution in [0.5, 0.6) is 0 Å². The molecule has 0 unspecified atom stereocenters. The largest absolute Gasteiger partial charge is 0.369 e. The van der Waals surface area contributed by atoms with Crippen LogP contribution in [0.4, 0.5) is 14.5 Å². The number of nitrogens with zero attached hydrogens (tertiary/aromatic N) is 1. The van der Waals surface area contributed by atoms with Crippen molar-refractivity contribution in [2.24, 2.45) is 0 Å². The molecule has 0 aromatic heterocycles. The van der Waals surface area contributed by atoms with Crippen molar-refractivity contribution >= 4 is 18.1 Å². The number of piperazine rings is 1. The normalized spacial score (nSPS) is 16.0. The van der Waals surface area contributed by atoms with Gasteiger partial charge >= 0.3 is 0 Å². The van der Waals surface area contributed by atoms with Gasteiger partial charge in [-0.15, -0.1) is 12.4 Å². The number of benzene rings is 1. The maximum Gasteiger partial charge on any atom is 0.128 e. The van der Waals surface area contributed by atoms with Gasteiger partial charge in [0.1, 0.15) is 11.6 Å². The van der Waals surface area contributed by atoms with Crippen molar-refractivity contribution < 1.29 is 8.78 Å². The first-order valence-electron chi connectivity index (χ1n) is 4.67. The molecule has 1 aromatic rings. The monoisotopic (exact) mass is 234 g/mol. The van der Waals surface area contributed by atoms with E-state index < -0.39 is 11.6 Å². The smallest absolute Gasteiger partial charge is 0.128 e. The molecule has 0 atom stereocenters. The minimum atomic E-state index is -0.515. The van der Waals surface area contributed by atoms with Crippen LogP contribution in [-0.4, -0.2) is 26.2 Å². The summed E-state index contributed by atoms with van der Waals surface area (Å²) in [5.41, 5.74) is 0.629. The Morgan fingerprint density at radius 1 is 1.00 bits per heavy atom. The number of hydrogen-bond donors (Lipinski definition) is 1. The summed E-state index contributed by atoms with van der Waals surface area (Å²) in [6.07, 6.45) is 0. The minimum absolute atomic E-state index is 0. The average molecular weight is 235 g/mol. The lowest BCUT2D eigenvalue weighted by molar-refractivity contribution is 0.567. The fourth-order valence-electron chi connectivity index (χ4n) is 1.64. The Morgan fingerprint density at radius 2 is 1.53 bits per heavy atom. The standard InChI is InChI=1S/C10H12F2N2.ClH/c11-8-5-9(12)7-10(6-8)14-3-1-13-2-4-14;/h5-7,13H,1-4H2;1H. The molecule has 5 heteroatoms. The Hall–Kier alpha value is -0.870. The summed E-state index contributed by atoms with van der Waals surface area (Å²) in [5.74, 6) is -1.03. The summed E-state index contributed by atoms with van der Waals surface area (Å²) in [5, 5.41) is 3.18. The third-order valence-electron chi connectivity index (χ3n) is 2.33. The highest BCUT2D eigenvalue weighted by atomic mass is 35.5. The Kier molecular flexibility index (Phi) is 4.29. The van der Waals surface area contributed by atoms with E-state index in [0.717, 1.165) is 32.2 Å². The first-order valence-corrected chi connectivity index (χ1v) is 4.67. The Balaban J connectivity index is 0.00000112. The van der Waals surface area contributed by atoms with Crippen LogP contribution in [0.25, 0.3) is 0 Å². The molecule has 84 valence electrons. The van der Waals surface area contributed by atoms with Gasteiger partial charge in [0.2, 0.25) is 0 Å². The van der Waals surface area contributed by atoms with Gasteiger partial charge in [0.25, 0.3) is 0 Å². The lowest BCUT2D eigenvalue weighted by Crippen LogP contribution is -2.43. The van der Waals surface area contributed by atoms with Crippen molar-refractivity contribution in [2.75, 3.05) is 31.1 Å². The van der Waals surface area contributed by atoms with Gasteiger partial charge in [-0.3, -0.25) is 0 Å². The zero-order chi connectivity index (χ0) is 9.97. The van der Waals surface area contributed by atoms with Gasteiger partial charge < -0.3 is 10.2 Å². The summed E-state index contributed by atoms with van der Waals surface area (Å²) >= 11 is 0. The maximum absolute atomic E-state index is 12.9. The van der Waals surface area contributed by atoms with E-state index in [9.17, 15) is 8.78 Å². The molecule has 1 aliphatic heterocycles. The molecule has 0 aliphatic carbocycles. The van der Waals surface area contributed by atoms with E-state index in [1.165, 1.54) is 12.1 Å². The highest BCUT2D eigenvalue weighted by molar-refractivity contribution is 5.85. The van der Waals surface area contributed by atoms with Crippen molar-refractivity contribution in [3.63, 3.8) is 0 Å². The van der Waals surface area contributed by atoms with E-state index in [1.807, 2.05) is 4.90 Å². The van der Waals surface area contributed by atoms with Gasteiger partial charge in [0.15, 0.2) is 0 Å². The molecule has 0 amide bonds. The highest BCUT2D eigenvalue weighted by Gasteiger charge is 2.11. The SMILES string of the molecule is Cl.Fc1cc(F)cc(N2CCNCC2)c1. The lowest BCUT2D eigenvalue weighted by Gasteiger charge is -2.29. The summed E-state index contributed by atoms with van der Waals surface area (Å²) in [7, 11) is 0. The molecule has 2 nitrogen and oxygen atoms in total. The van der Waals surface area contributed by atoms with E-state index >= 15 is 0 Å². The third kappa shape index (κ3) is 3.04.